The topological polar surface area (TPSA) is 108 Å². The summed E-state index contributed by atoms with van der Waals surface area (Å²) in [5.41, 5.74) is 1.92. The summed E-state index contributed by atoms with van der Waals surface area (Å²) in [7, 11) is 0. The van der Waals surface area contributed by atoms with Gasteiger partial charge in [-0.15, -0.1) is 0 Å². The number of alkyl carbamates (subject to hydrolysis) is 1. The number of phenols is 1. The van der Waals surface area contributed by atoms with E-state index in [1.54, 1.807) is 37.8 Å². The van der Waals surface area contributed by atoms with Gasteiger partial charge in [-0.05, 0) is 95.7 Å². The van der Waals surface area contributed by atoms with Crippen LogP contribution >= 0.6 is 0 Å². The van der Waals surface area contributed by atoms with Gasteiger partial charge in [0.25, 0.3) is 0 Å². The number of hydrogen-bond acceptors (Lipinski definition) is 5. The molecule has 2 unspecified atom stereocenters. The highest BCUT2D eigenvalue weighted by molar-refractivity contribution is 5.93. The molecule has 0 radical (unpaired) electrons. The van der Waals surface area contributed by atoms with Crippen LogP contribution in [0.25, 0.3) is 0 Å². The monoisotopic (exact) mass is 567 g/mol. The van der Waals surface area contributed by atoms with E-state index in [0.29, 0.717) is 13.0 Å². The third kappa shape index (κ3) is 9.51. The highest BCUT2D eigenvalue weighted by Gasteiger charge is 2.43. The summed E-state index contributed by atoms with van der Waals surface area (Å²) in [6, 6.07) is 10.3. The van der Waals surface area contributed by atoms with Gasteiger partial charge >= 0.3 is 6.09 Å². The van der Waals surface area contributed by atoms with Gasteiger partial charge in [-0.25, -0.2) is 4.79 Å². The van der Waals surface area contributed by atoms with Crippen molar-refractivity contribution in [3.8, 4) is 5.75 Å². The summed E-state index contributed by atoms with van der Waals surface area (Å²) >= 11 is 0. The fourth-order valence-corrected chi connectivity index (χ4v) is 4.58. The number of rotatable bonds is 12. The van der Waals surface area contributed by atoms with E-state index >= 15 is 0 Å². The third-order valence-electron chi connectivity index (χ3n) is 7.40. The van der Waals surface area contributed by atoms with Crippen LogP contribution in [0.1, 0.15) is 96.0 Å². The molecular weight excluding hydrogens is 518 g/mol. The van der Waals surface area contributed by atoms with Gasteiger partial charge in [0.1, 0.15) is 23.4 Å². The van der Waals surface area contributed by atoms with Gasteiger partial charge < -0.3 is 25.4 Å². The summed E-state index contributed by atoms with van der Waals surface area (Å²) in [4.78, 5) is 43.3. The second kappa shape index (κ2) is 14.4. The molecule has 2 aromatic carbocycles. The Morgan fingerprint density at radius 1 is 0.976 bits per heavy atom. The molecule has 0 saturated carbocycles. The zero-order valence-corrected chi connectivity index (χ0v) is 26.3. The molecule has 3 N–H and O–H groups in total. The fraction of sp³-hybridized carbons (Fsp3) is 0.545. The van der Waals surface area contributed by atoms with Crippen molar-refractivity contribution < 1.29 is 24.2 Å². The molecule has 0 aliphatic carbocycles. The molecule has 8 nitrogen and oxygen atoms in total. The number of nitrogens with zero attached hydrogens (tertiary/aromatic N) is 1. The molecule has 41 heavy (non-hydrogen) atoms. The molecule has 0 aliphatic heterocycles. The van der Waals surface area contributed by atoms with E-state index in [9.17, 15) is 19.5 Å². The van der Waals surface area contributed by atoms with Crippen molar-refractivity contribution in [3.05, 3.63) is 64.7 Å². The minimum atomic E-state index is -1.03. The lowest BCUT2D eigenvalue weighted by atomic mass is 9.88. The first-order valence-corrected chi connectivity index (χ1v) is 14.6. The van der Waals surface area contributed by atoms with Crippen LogP contribution in [0.5, 0.6) is 5.75 Å². The molecule has 0 aromatic heterocycles. The Morgan fingerprint density at radius 3 is 2.17 bits per heavy atom. The number of carbonyl (C=O) groups is 3. The summed E-state index contributed by atoms with van der Waals surface area (Å²) in [5, 5.41) is 15.6. The minimum Gasteiger partial charge on any atom is -0.508 e. The average molecular weight is 568 g/mol. The minimum absolute atomic E-state index is 0.101. The Labute approximate surface area is 245 Å². The van der Waals surface area contributed by atoms with Crippen LogP contribution in [0.4, 0.5) is 4.79 Å². The first kappa shape index (κ1) is 33.7. The lowest BCUT2D eigenvalue weighted by molar-refractivity contribution is -0.149. The Bertz CT molecular complexity index is 1180. The van der Waals surface area contributed by atoms with Crippen molar-refractivity contribution in [2.24, 2.45) is 0 Å². The van der Waals surface area contributed by atoms with E-state index < -0.39 is 35.2 Å². The molecule has 2 aromatic rings. The van der Waals surface area contributed by atoms with E-state index in [2.05, 4.69) is 17.6 Å². The lowest BCUT2D eigenvalue weighted by Gasteiger charge is -2.45. The molecule has 0 heterocycles. The molecular formula is C33H49N3O5. The number of ether oxygens (including phenoxy) is 1. The maximum atomic E-state index is 14.7. The SMILES string of the molecule is CCCCNC(=O)C(c1cccc(C)c1C)N(C(=O)C(Cc1ccc(O)cc1)NC(=O)OC(C)(C)C)C(C)(C)CC. The Balaban J connectivity index is 2.69. The van der Waals surface area contributed by atoms with Crippen molar-refractivity contribution in [2.75, 3.05) is 6.54 Å². The average Bonchev–Trinajstić information content (AvgIpc) is 2.88. The Morgan fingerprint density at radius 2 is 1.61 bits per heavy atom. The molecule has 3 amide bonds. The number of nitrogens with one attached hydrogen (secondary N) is 2. The molecule has 0 bridgehead atoms. The van der Waals surface area contributed by atoms with Crippen LogP contribution < -0.4 is 10.6 Å². The van der Waals surface area contributed by atoms with Crippen molar-refractivity contribution in [1.29, 1.82) is 0 Å². The first-order valence-electron chi connectivity index (χ1n) is 14.6. The second-order valence-electron chi connectivity index (χ2n) is 12.3. The van der Waals surface area contributed by atoms with E-state index in [0.717, 1.165) is 35.1 Å². The zero-order chi connectivity index (χ0) is 31.0. The van der Waals surface area contributed by atoms with Gasteiger partial charge in [0, 0.05) is 18.5 Å². The highest BCUT2D eigenvalue weighted by Crippen LogP contribution is 2.34. The van der Waals surface area contributed by atoms with Crippen molar-refractivity contribution in [3.63, 3.8) is 0 Å². The molecule has 0 saturated heterocycles. The van der Waals surface area contributed by atoms with Crippen LogP contribution in [0.15, 0.2) is 42.5 Å². The van der Waals surface area contributed by atoms with Gasteiger partial charge in [0.05, 0.1) is 0 Å². The van der Waals surface area contributed by atoms with E-state index in [1.165, 1.54) is 12.1 Å². The van der Waals surface area contributed by atoms with Crippen molar-refractivity contribution >= 4 is 17.9 Å². The summed E-state index contributed by atoms with van der Waals surface area (Å²) in [5.74, 6) is -0.556. The van der Waals surface area contributed by atoms with Gasteiger partial charge in [0.2, 0.25) is 11.8 Å². The van der Waals surface area contributed by atoms with Crippen molar-refractivity contribution in [2.45, 2.75) is 111 Å². The molecule has 0 spiro atoms. The lowest BCUT2D eigenvalue weighted by Crippen LogP contribution is -2.60. The quantitative estimate of drug-likeness (QED) is 0.268. The Kier molecular flexibility index (Phi) is 11.8. The highest BCUT2D eigenvalue weighted by atomic mass is 16.6. The predicted molar refractivity (Wildman–Crippen MR) is 163 cm³/mol. The van der Waals surface area contributed by atoms with Gasteiger partial charge in [-0.3, -0.25) is 9.59 Å². The molecule has 226 valence electrons. The predicted octanol–water partition coefficient (Wildman–Crippen LogP) is 6.12. The number of amides is 3. The summed E-state index contributed by atoms with van der Waals surface area (Å²) in [6.07, 6.45) is 1.73. The number of aromatic hydroxyl groups is 1. The van der Waals surface area contributed by atoms with Crippen molar-refractivity contribution in [1.82, 2.24) is 15.5 Å². The van der Waals surface area contributed by atoms with E-state index in [1.807, 2.05) is 52.8 Å². The standard InChI is InChI=1S/C33H49N3O5/c1-10-12-20-34-29(38)28(26-15-13-14-22(3)23(26)4)36(33(8,9)11-2)30(39)27(35-31(40)41-32(5,6)7)21-24-16-18-25(37)19-17-24/h13-19,27-28,37H,10-12,20-21H2,1-9H3,(H,34,38)(H,35,40). The molecule has 8 heteroatoms. The van der Waals surface area contributed by atoms with Crippen LogP contribution in [-0.2, 0) is 20.7 Å². The van der Waals surface area contributed by atoms with E-state index in [4.69, 9.17) is 4.74 Å². The number of carbonyl (C=O) groups excluding carboxylic acids is 3. The second-order valence-corrected chi connectivity index (χ2v) is 12.3. The summed E-state index contributed by atoms with van der Waals surface area (Å²) in [6.45, 7) is 17.6. The number of phenolic OH excluding ortho intramolecular Hbond substituents is 1. The third-order valence-corrected chi connectivity index (χ3v) is 7.40. The number of aryl methyl sites for hydroxylation is 1. The smallest absolute Gasteiger partial charge is 0.408 e. The van der Waals surface area contributed by atoms with Gasteiger partial charge in [-0.2, -0.15) is 0 Å². The zero-order valence-electron chi connectivity index (χ0n) is 26.3. The van der Waals surface area contributed by atoms with Gasteiger partial charge in [-0.1, -0.05) is 50.6 Å². The van der Waals surface area contributed by atoms with Crippen LogP contribution in [0, 0.1) is 13.8 Å². The maximum Gasteiger partial charge on any atom is 0.408 e. The number of hydrogen-bond donors (Lipinski definition) is 3. The first-order chi connectivity index (χ1) is 19.1. The van der Waals surface area contributed by atoms with Crippen LogP contribution in [0.3, 0.4) is 0 Å². The largest absolute Gasteiger partial charge is 0.508 e. The van der Waals surface area contributed by atoms with Crippen LogP contribution in [-0.4, -0.2) is 51.6 Å². The molecule has 0 aliphatic rings. The van der Waals surface area contributed by atoms with Crippen LogP contribution in [0.2, 0.25) is 0 Å². The number of unbranched alkanes of at least 4 members (excludes halogenated alkanes) is 1. The van der Waals surface area contributed by atoms with Gasteiger partial charge in [0.15, 0.2) is 0 Å². The maximum absolute atomic E-state index is 14.7. The molecule has 2 rings (SSSR count). The normalized spacial score (nSPS) is 13.2. The Hall–Kier alpha value is -3.55. The van der Waals surface area contributed by atoms with E-state index in [-0.39, 0.29) is 18.1 Å². The number of benzene rings is 2. The fourth-order valence-electron chi connectivity index (χ4n) is 4.58. The molecule has 0 fully saturated rings. The summed E-state index contributed by atoms with van der Waals surface area (Å²) < 4.78 is 5.52. The molecule has 2 atom stereocenters.